The summed E-state index contributed by atoms with van der Waals surface area (Å²) >= 11 is 0. The van der Waals surface area contributed by atoms with Crippen LogP contribution >= 0.6 is 0 Å². The van der Waals surface area contributed by atoms with Gasteiger partial charge in [-0.2, -0.15) is 0 Å². The van der Waals surface area contributed by atoms with E-state index in [1.807, 2.05) is 12.1 Å². The molecule has 4 aliphatic carbocycles. The quantitative estimate of drug-likeness (QED) is 0.0936. The van der Waals surface area contributed by atoms with Gasteiger partial charge in [-0.25, -0.2) is 0 Å². The van der Waals surface area contributed by atoms with Crippen LogP contribution in [-0.2, 0) is 30.5 Å². The van der Waals surface area contributed by atoms with Crippen molar-refractivity contribution in [2.75, 3.05) is 6.79 Å². The standard InChI is InChI=1S/C56H86O5Si2/c1-40(31-34-56(57,42-25-19-15-20-26-42)43-27-21-16-22-28-43)46-29-30-47-51-48(37-50(55(46,47)9)59-39-58-38-41-23-17-14-18-24-41)54(8)33-32-45(60-62(10,11)52(2,3)4)35-44(54)36-49(51)61-63(12,13)53(5,6)7/h14-28,40,44-51,57H,29-39H2,1-13H3/t40-,44+,45-,46-,47+,48+,49-,50+,51+,54+,55-/m1/s1. The first-order valence-electron chi connectivity index (χ1n) is 24.9. The molecule has 0 aliphatic heterocycles. The molecule has 4 aliphatic rings. The van der Waals surface area contributed by atoms with Gasteiger partial charge in [0.05, 0.1) is 12.7 Å². The minimum absolute atomic E-state index is 0.0603. The van der Waals surface area contributed by atoms with Crippen LogP contribution < -0.4 is 0 Å². The topological polar surface area (TPSA) is 57.2 Å². The van der Waals surface area contributed by atoms with E-state index in [1.165, 1.54) is 24.8 Å². The summed E-state index contributed by atoms with van der Waals surface area (Å²) < 4.78 is 28.7. The molecule has 0 amide bonds. The maximum atomic E-state index is 12.7. The highest BCUT2D eigenvalue weighted by Crippen LogP contribution is 2.70. The van der Waals surface area contributed by atoms with Crippen molar-refractivity contribution in [1.82, 2.24) is 0 Å². The van der Waals surface area contributed by atoms with E-state index in [0.29, 0.717) is 61.4 Å². The molecular weight excluding hydrogens is 809 g/mol. The first-order valence-corrected chi connectivity index (χ1v) is 30.8. The van der Waals surface area contributed by atoms with Crippen LogP contribution in [0, 0.1) is 46.3 Å². The Kier molecular flexibility index (Phi) is 14.4. The average molecular weight is 895 g/mol. The van der Waals surface area contributed by atoms with Crippen molar-refractivity contribution in [3.05, 3.63) is 108 Å². The Morgan fingerprint density at radius 1 is 0.698 bits per heavy atom. The molecule has 11 atom stereocenters. The molecule has 4 saturated carbocycles. The fourth-order valence-corrected chi connectivity index (χ4v) is 15.8. The molecule has 4 fully saturated rings. The van der Waals surface area contributed by atoms with Crippen molar-refractivity contribution < 1.29 is 23.4 Å². The highest BCUT2D eigenvalue weighted by Gasteiger charge is 2.67. The fraction of sp³-hybridized carbons (Fsp3) is 0.679. The zero-order chi connectivity index (χ0) is 45.6. The molecule has 5 nitrogen and oxygen atoms in total. The first-order chi connectivity index (χ1) is 29.5. The number of ether oxygens (including phenoxy) is 2. The normalized spacial score (nSPS) is 32.1. The van der Waals surface area contributed by atoms with Crippen LogP contribution in [-0.4, -0.2) is 46.8 Å². The Labute approximate surface area is 386 Å². The lowest BCUT2D eigenvalue weighted by Crippen LogP contribution is -2.64. The minimum Gasteiger partial charge on any atom is -0.414 e. The molecule has 0 radical (unpaired) electrons. The van der Waals surface area contributed by atoms with Crippen LogP contribution in [0.4, 0.5) is 0 Å². The number of hydrogen-bond donors (Lipinski definition) is 1. The molecule has 0 saturated heterocycles. The number of hydrogen-bond acceptors (Lipinski definition) is 5. The van der Waals surface area contributed by atoms with Crippen LogP contribution in [0.25, 0.3) is 0 Å². The predicted molar refractivity (Wildman–Crippen MR) is 265 cm³/mol. The molecule has 0 spiro atoms. The third-order valence-electron chi connectivity index (χ3n) is 18.9. The summed E-state index contributed by atoms with van der Waals surface area (Å²) in [6.07, 6.45) is 10.3. The molecule has 1 N–H and O–H groups in total. The van der Waals surface area contributed by atoms with Crippen molar-refractivity contribution in [3.8, 4) is 0 Å². The smallest absolute Gasteiger partial charge is 0.192 e. The molecule has 7 heteroatoms. The minimum atomic E-state index is -2.11. The summed E-state index contributed by atoms with van der Waals surface area (Å²) in [6, 6.07) is 31.2. The van der Waals surface area contributed by atoms with Crippen LogP contribution in [0.3, 0.4) is 0 Å². The zero-order valence-electron chi connectivity index (χ0n) is 41.7. The monoisotopic (exact) mass is 895 g/mol. The average Bonchev–Trinajstić information content (AvgIpc) is 3.59. The summed E-state index contributed by atoms with van der Waals surface area (Å²) in [5.41, 5.74) is 2.19. The number of benzene rings is 3. The second-order valence-electron chi connectivity index (χ2n) is 24.4. The molecule has 348 valence electrons. The molecule has 0 aromatic heterocycles. The van der Waals surface area contributed by atoms with Crippen LogP contribution in [0.5, 0.6) is 0 Å². The molecule has 3 aromatic rings. The van der Waals surface area contributed by atoms with Gasteiger partial charge in [0.1, 0.15) is 12.4 Å². The summed E-state index contributed by atoms with van der Waals surface area (Å²) in [5.74, 6) is 2.87. The van der Waals surface area contributed by atoms with Gasteiger partial charge in [-0.15, -0.1) is 0 Å². The molecular formula is C56H86O5Si2. The molecule has 3 aromatic carbocycles. The molecule has 63 heavy (non-hydrogen) atoms. The number of aliphatic hydroxyl groups is 1. The van der Waals surface area contributed by atoms with Gasteiger partial charge in [0.25, 0.3) is 0 Å². The van der Waals surface area contributed by atoms with E-state index in [2.05, 4.69) is 167 Å². The third kappa shape index (κ3) is 9.70. The van der Waals surface area contributed by atoms with Gasteiger partial charge in [0.2, 0.25) is 0 Å². The Hall–Kier alpha value is -2.11. The van der Waals surface area contributed by atoms with Crippen molar-refractivity contribution in [2.45, 2.75) is 187 Å². The van der Waals surface area contributed by atoms with Gasteiger partial charge in [-0.3, -0.25) is 0 Å². The SMILES string of the molecule is C[C@H](CCC(O)(c1ccccc1)c1ccccc1)[C@H]1CC[C@H]2[C@@H]3[C@H](O[Si](C)(C)C(C)(C)C)C[C@@H]4C[C@H](O[Si](C)(C)C(C)(C)C)CC[C@]4(C)[C@H]3C[C@H](OCOCc3ccccc3)[C@]12C. The molecule has 0 unspecified atom stereocenters. The maximum absolute atomic E-state index is 12.7. The van der Waals surface area contributed by atoms with Gasteiger partial charge in [0, 0.05) is 17.6 Å². The van der Waals surface area contributed by atoms with Crippen molar-refractivity contribution >= 4 is 16.6 Å². The molecule has 7 rings (SSSR count). The molecule has 0 heterocycles. The second kappa shape index (κ2) is 18.5. The van der Waals surface area contributed by atoms with Gasteiger partial charge in [-0.05, 0) is 152 Å². The number of rotatable bonds is 15. The van der Waals surface area contributed by atoms with Crippen LogP contribution in [0.2, 0.25) is 36.3 Å². The van der Waals surface area contributed by atoms with E-state index >= 15 is 0 Å². The van der Waals surface area contributed by atoms with E-state index < -0.39 is 22.2 Å². The van der Waals surface area contributed by atoms with Gasteiger partial charge < -0.3 is 23.4 Å². The molecule has 0 bridgehead atoms. The summed E-state index contributed by atoms with van der Waals surface area (Å²) in [7, 11) is -4.03. The van der Waals surface area contributed by atoms with E-state index in [4.69, 9.17) is 18.3 Å². The number of fused-ring (bicyclic) bond motifs is 5. The van der Waals surface area contributed by atoms with E-state index in [1.54, 1.807) is 0 Å². The van der Waals surface area contributed by atoms with Gasteiger partial charge in [0.15, 0.2) is 16.6 Å². The Morgan fingerprint density at radius 2 is 1.25 bits per heavy atom. The highest BCUT2D eigenvalue weighted by atomic mass is 28.4. The Balaban J connectivity index is 1.22. The van der Waals surface area contributed by atoms with Gasteiger partial charge >= 0.3 is 0 Å². The lowest BCUT2D eigenvalue weighted by Gasteiger charge is -2.65. The third-order valence-corrected chi connectivity index (χ3v) is 27.9. The predicted octanol–water partition coefficient (Wildman–Crippen LogP) is 14.6. The summed E-state index contributed by atoms with van der Waals surface area (Å²) in [6.45, 7) is 32.9. The van der Waals surface area contributed by atoms with E-state index in [9.17, 15) is 5.11 Å². The second-order valence-corrected chi connectivity index (χ2v) is 33.9. The van der Waals surface area contributed by atoms with E-state index in [-0.39, 0.29) is 33.1 Å². The van der Waals surface area contributed by atoms with Crippen LogP contribution in [0.15, 0.2) is 91.0 Å². The Bertz CT molecular complexity index is 1880. The van der Waals surface area contributed by atoms with E-state index in [0.717, 1.165) is 43.2 Å². The van der Waals surface area contributed by atoms with Crippen molar-refractivity contribution in [2.24, 2.45) is 46.3 Å². The van der Waals surface area contributed by atoms with Crippen molar-refractivity contribution in [1.29, 1.82) is 0 Å². The van der Waals surface area contributed by atoms with Gasteiger partial charge in [-0.1, -0.05) is 153 Å². The van der Waals surface area contributed by atoms with Crippen molar-refractivity contribution in [3.63, 3.8) is 0 Å². The van der Waals surface area contributed by atoms with Crippen LogP contribution in [0.1, 0.15) is 137 Å². The summed E-state index contributed by atoms with van der Waals surface area (Å²) in [4.78, 5) is 0. The summed E-state index contributed by atoms with van der Waals surface area (Å²) in [5, 5.41) is 13.0. The first kappa shape index (κ1) is 48.8. The highest BCUT2D eigenvalue weighted by molar-refractivity contribution is 6.74. The Morgan fingerprint density at radius 3 is 1.83 bits per heavy atom. The largest absolute Gasteiger partial charge is 0.414 e. The lowest BCUT2D eigenvalue weighted by atomic mass is 9.43. The lowest BCUT2D eigenvalue weighted by molar-refractivity contribution is -0.233. The zero-order valence-corrected chi connectivity index (χ0v) is 43.7. The fourth-order valence-electron chi connectivity index (χ4n) is 13.1. The maximum Gasteiger partial charge on any atom is 0.192 e.